The lowest BCUT2D eigenvalue weighted by Gasteiger charge is -2.11. The summed E-state index contributed by atoms with van der Waals surface area (Å²) in [5, 5.41) is 15.7. The summed E-state index contributed by atoms with van der Waals surface area (Å²) in [7, 11) is 0. The lowest BCUT2D eigenvalue weighted by atomic mass is 10.1. The molecule has 0 saturated heterocycles. The molecule has 4 N–H and O–H groups in total. The second kappa shape index (κ2) is 9.42. The van der Waals surface area contributed by atoms with Crippen LogP contribution in [0.1, 0.15) is 22.8 Å². The van der Waals surface area contributed by atoms with E-state index in [9.17, 15) is 14.7 Å². The van der Waals surface area contributed by atoms with Crippen molar-refractivity contribution in [2.24, 2.45) is 10.8 Å². The van der Waals surface area contributed by atoms with Crippen molar-refractivity contribution in [3.8, 4) is 17.2 Å². The molecule has 3 aromatic rings. The van der Waals surface area contributed by atoms with Gasteiger partial charge >= 0.3 is 0 Å². The van der Waals surface area contributed by atoms with Gasteiger partial charge in [0.2, 0.25) is 0 Å². The molecule has 0 aliphatic rings. The molecule has 0 aromatic heterocycles. The summed E-state index contributed by atoms with van der Waals surface area (Å²) >= 11 is 0. The maximum absolute atomic E-state index is 12.4. The van der Waals surface area contributed by atoms with Crippen LogP contribution in [-0.4, -0.2) is 36.3 Å². The molecule has 2 amide bonds. The molecule has 154 valence electrons. The molecule has 0 bridgehead atoms. The summed E-state index contributed by atoms with van der Waals surface area (Å²) in [4.78, 5) is 23.3. The number of aromatic hydroxyl groups is 1. The third kappa shape index (κ3) is 5.05. The Morgan fingerprint density at radius 3 is 2.50 bits per heavy atom. The van der Waals surface area contributed by atoms with Crippen molar-refractivity contribution in [1.29, 1.82) is 0 Å². The number of nitrogens with zero attached hydrogens (tertiary/aromatic N) is 1. The van der Waals surface area contributed by atoms with Crippen molar-refractivity contribution < 1.29 is 24.2 Å². The minimum Gasteiger partial charge on any atom is -0.507 e. The van der Waals surface area contributed by atoms with Crippen LogP contribution in [0.4, 0.5) is 0 Å². The predicted molar refractivity (Wildman–Crippen MR) is 113 cm³/mol. The Kier molecular flexibility index (Phi) is 6.49. The van der Waals surface area contributed by atoms with Gasteiger partial charge in [0.25, 0.3) is 11.8 Å². The van der Waals surface area contributed by atoms with E-state index in [2.05, 4.69) is 10.5 Å². The number of amides is 2. The number of phenolic OH excluding ortho intramolecular Hbond substituents is 1. The average Bonchev–Trinajstić information content (AvgIpc) is 2.72. The quantitative estimate of drug-likeness (QED) is 0.391. The summed E-state index contributed by atoms with van der Waals surface area (Å²) in [6.45, 7) is 1.94. The largest absolute Gasteiger partial charge is 0.507 e. The highest BCUT2D eigenvalue weighted by molar-refractivity contribution is 6.01. The van der Waals surface area contributed by atoms with E-state index in [0.29, 0.717) is 23.7 Å². The Labute approximate surface area is 172 Å². The van der Waals surface area contributed by atoms with Crippen molar-refractivity contribution in [2.45, 2.75) is 6.92 Å². The first-order valence-electron chi connectivity index (χ1n) is 9.21. The van der Waals surface area contributed by atoms with E-state index in [4.69, 9.17) is 15.2 Å². The highest BCUT2D eigenvalue weighted by Crippen LogP contribution is 2.28. The van der Waals surface area contributed by atoms with Gasteiger partial charge in [-0.3, -0.25) is 9.59 Å². The van der Waals surface area contributed by atoms with E-state index < -0.39 is 11.8 Å². The fraction of sp³-hybridized carbons (Fsp3) is 0.136. The third-order valence-corrected chi connectivity index (χ3v) is 4.13. The maximum atomic E-state index is 12.4. The van der Waals surface area contributed by atoms with Crippen LogP contribution < -0.4 is 20.6 Å². The summed E-state index contributed by atoms with van der Waals surface area (Å²) in [6, 6.07) is 15.5. The van der Waals surface area contributed by atoms with Crippen molar-refractivity contribution in [3.63, 3.8) is 0 Å². The minimum absolute atomic E-state index is 0.121. The lowest BCUT2D eigenvalue weighted by molar-refractivity contribution is -0.119. The molecule has 0 spiro atoms. The molecular formula is C22H21N3O5. The molecule has 0 aliphatic carbocycles. The third-order valence-electron chi connectivity index (χ3n) is 4.13. The van der Waals surface area contributed by atoms with Gasteiger partial charge < -0.3 is 20.3 Å². The minimum atomic E-state index is -0.595. The molecule has 0 saturated carbocycles. The van der Waals surface area contributed by atoms with Gasteiger partial charge in [0.1, 0.15) is 5.75 Å². The molecule has 8 heteroatoms. The lowest BCUT2D eigenvalue weighted by Crippen LogP contribution is -2.20. The monoisotopic (exact) mass is 407 g/mol. The number of nitrogens with one attached hydrogen (secondary N) is 1. The fourth-order valence-electron chi connectivity index (χ4n) is 2.78. The van der Waals surface area contributed by atoms with Crippen LogP contribution >= 0.6 is 0 Å². The second-order valence-electron chi connectivity index (χ2n) is 6.31. The molecule has 0 heterocycles. The summed E-state index contributed by atoms with van der Waals surface area (Å²) in [5.74, 6) is -0.473. The molecule has 30 heavy (non-hydrogen) atoms. The van der Waals surface area contributed by atoms with Crippen molar-refractivity contribution in [1.82, 2.24) is 5.43 Å². The van der Waals surface area contributed by atoms with Crippen LogP contribution in [0.15, 0.2) is 59.7 Å². The van der Waals surface area contributed by atoms with E-state index in [0.717, 1.165) is 10.8 Å². The number of hydrazone groups is 1. The van der Waals surface area contributed by atoms with Crippen LogP contribution in [0.25, 0.3) is 10.8 Å². The number of benzene rings is 3. The molecular weight excluding hydrogens is 386 g/mol. The number of carbonyl (C=O) groups is 2. The van der Waals surface area contributed by atoms with Gasteiger partial charge in [-0.25, -0.2) is 5.43 Å². The number of fused-ring (bicyclic) bond motifs is 1. The van der Waals surface area contributed by atoms with Gasteiger partial charge in [-0.15, -0.1) is 0 Å². The molecule has 8 nitrogen and oxygen atoms in total. The van der Waals surface area contributed by atoms with Gasteiger partial charge in [-0.1, -0.05) is 24.3 Å². The van der Waals surface area contributed by atoms with Crippen LogP contribution in [0, 0.1) is 0 Å². The predicted octanol–water partition coefficient (Wildman–Crippen LogP) is 2.57. The average molecular weight is 407 g/mol. The standard InChI is InChI=1S/C22H21N3O5/c1-2-29-20-9-14(7-8-19(20)30-13-21(23)27)12-24-25-22(28)17-10-15-5-3-4-6-16(15)11-18(17)26/h3-12,26H,2,13H2,1H3,(H2,23,27)(H,25,28)/b24-12+. The SMILES string of the molecule is CCOc1cc(/C=N/NC(=O)c2cc3ccccc3cc2O)ccc1OCC(N)=O. The smallest absolute Gasteiger partial charge is 0.275 e. The van der Waals surface area contributed by atoms with Crippen LogP contribution in [0.5, 0.6) is 17.2 Å². The molecule has 3 aromatic carbocycles. The van der Waals surface area contributed by atoms with Crippen molar-refractivity contribution >= 4 is 28.8 Å². The Hall–Kier alpha value is -4.07. The zero-order valence-corrected chi connectivity index (χ0v) is 16.3. The normalized spacial score (nSPS) is 10.8. The van der Waals surface area contributed by atoms with Crippen molar-refractivity contribution in [3.05, 3.63) is 65.7 Å². The van der Waals surface area contributed by atoms with E-state index in [1.54, 1.807) is 24.3 Å². The number of primary amides is 1. The van der Waals surface area contributed by atoms with Gasteiger partial charge in [0.15, 0.2) is 18.1 Å². The highest BCUT2D eigenvalue weighted by Gasteiger charge is 2.12. The van der Waals surface area contributed by atoms with Crippen LogP contribution in [-0.2, 0) is 4.79 Å². The molecule has 0 atom stereocenters. The number of carbonyl (C=O) groups excluding carboxylic acids is 2. The van der Waals surface area contributed by atoms with Crippen LogP contribution in [0.2, 0.25) is 0 Å². The summed E-state index contributed by atoms with van der Waals surface area (Å²) in [5.41, 5.74) is 8.24. The number of hydrogen-bond donors (Lipinski definition) is 3. The number of nitrogens with two attached hydrogens (primary N) is 1. The molecule has 0 fully saturated rings. The first-order valence-corrected chi connectivity index (χ1v) is 9.21. The topological polar surface area (TPSA) is 123 Å². The van der Waals surface area contributed by atoms with Gasteiger partial charge in [-0.2, -0.15) is 5.10 Å². The van der Waals surface area contributed by atoms with Gasteiger partial charge in [0.05, 0.1) is 18.4 Å². The molecule has 0 aliphatic heterocycles. The molecule has 3 rings (SSSR count). The summed E-state index contributed by atoms with van der Waals surface area (Å²) in [6.07, 6.45) is 1.43. The van der Waals surface area contributed by atoms with E-state index >= 15 is 0 Å². The molecule has 0 radical (unpaired) electrons. The Morgan fingerprint density at radius 2 is 1.80 bits per heavy atom. The number of ether oxygens (including phenoxy) is 2. The fourth-order valence-corrected chi connectivity index (χ4v) is 2.78. The Morgan fingerprint density at radius 1 is 1.07 bits per heavy atom. The van der Waals surface area contributed by atoms with E-state index in [1.165, 1.54) is 12.3 Å². The zero-order chi connectivity index (χ0) is 21.5. The first-order chi connectivity index (χ1) is 14.5. The Bertz CT molecular complexity index is 1110. The van der Waals surface area contributed by atoms with Crippen molar-refractivity contribution in [2.75, 3.05) is 13.2 Å². The Balaban J connectivity index is 1.72. The number of rotatable bonds is 8. The van der Waals surface area contributed by atoms with E-state index in [-0.39, 0.29) is 17.9 Å². The van der Waals surface area contributed by atoms with E-state index in [1.807, 2.05) is 31.2 Å². The number of hydrogen-bond acceptors (Lipinski definition) is 6. The summed E-state index contributed by atoms with van der Waals surface area (Å²) < 4.78 is 10.8. The van der Waals surface area contributed by atoms with Crippen LogP contribution in [0.3, 0.4) is 0 Å². The second-order valence-corrected chi connectivity index (χ2v) is 6.31. The van der Waals surface area contributed by atoms with Gasteiger partial charge in [0, 0.05) is 0 Å². The molecule has 0 unspecified atom stereocenters. The zero-order valence-electron chi connectivity index (χ0n) is 16.3. The highest BCUT2D eigenvalue weighted by atomic mass is 16.5. The first kappa shape index (κ1) is 20.7. The van der Waals surface area contributed by atoms with Gasteiger partial charge in [-0.05, 0) is 53.6 Å². The number of phenols is 1. The maximum Gasteiger partial charge on any atom is 0.275 e.